The SMILES string of the molecule is CCCCCCCCCC(CCCCCCCC)(CCCCCCCC)[NH][Ti][O]CC.Cl.Cl. The molecule has 0 amide bonds. The van der Waals surface area contributed by atoms with Crippen LogP contribution in [0.2, 0.25) is 0 Å². The third-order valence-corrected chi connectivity index (χ3v) is 8.47. The molecular weight excluding hydrogens is 485 g/mol. The van der Waals surface area contributed by atoms with Gasteiger partial charge in [-0.25, -0.2) is 0 Å². The van der Waals surface area contributed by atoms with Crippen LogP contribution in [0.25, 0.3) is 0 Å². The Bertz CT molecular complexity index is 332. The van der Waals surface area contributed by atoms with Crippen LogP contribution >= 0.6 is 24.8 Å². The fourth-order valence-corrected chi connectivity index (χ4v) is 5.95. The molecule has 0 spiro atoms. The van der Waals surface area contributed by atoms with Gasteiger partial charge in [-0.15, -0.1) is 24.8 Å². The van der Waals surface area contributed by atoms with Crippen molar-refractivity contribution in [3.8, 4) is 0 Å². The molecule has 0 rings (SSSR count). The normalized spacial score (nSPS) is 11.2. The van der Waals surface area contributed by atoms with Crippen LogP contribution in [-0.4, -0.2) is 12.1 Å². The molecule has 0 saturated carbocycles. The summed E-state index contributed by atoms with van der Waals surface area (Å²) >= 11 is -0.456. The molecule has 0 atom stereocenters. The van der Waals surface area contributed by atoms with Crippen molar-refractivity contribution in [1.29, 1.82) is 0 Å². The van der Waals surface area contributed by atoms with Crippen LogP contribution in [-0.2, 0) is 23.1 Å². The number of nitrogens with one attached hydrogen (secondary N) is 1. The van der Waals surface area contributed by atoms with E-state index in [2.05, 4.69) is 31.5 Å². The van der Waals surface area contributed by atoms with E-state index in [1.807, 2.05) is 0 Å². The Morgan fingerprint density at radius 2 is 0.788 bits per heavy atom. The molecule has 0 bridgehead atoms. The van der Waals surface area contributed by atoms with E-state index < -0.39 is 19.8 Å². The Kier molecular flexibility index (Phi) is 36.7. The minimum atomic E-state index is -0.456. The zero-order valence-electron chi connectivity index (χ0n) is 23.0. The van der Waals surface area contributed by atoms with Crippen molar-refractivity contribution < 1.29 is 23.1 Å². The molecule has 2 nitrogen and oxygen atoms in total. The van der Waals surface area contributed by atoms with Crippen LogP contribution in [0.4, 0.5) is 0 Å². The van der Waals surface area contributed by atoms with Crippen molar-refractivity contribution in [3.63, 3.8) is 0 Å². The van der Waals surface area contributed by atoms with Crippen LogP contribution < -0.4 is 3.80 Å². The van der Waals surface area contributed by atoms with Crippen molar-refractivity contribution in [2.75, 3.05) is 6.61 Å². The molecule has 0 aliphatic heterocycles. The van der Waals surface area contributed by atoms with E-state index in [0.717, 1.165) is 6.61 Å². The van der Waals surface area contributed by atoms with Crippen LogP contribution in [0.15, 0.2) is 0 Å². The van der Waals surface area contributed by atoms with Gasteiger partial charge in [-0.1, -0.05) is 0 Å². The first-order valence-electron chi connectivity index (χ1n) is 14.4. The average Bonchev–Trinajstić information content (AvgIpc) is 2.78. The van der Waals surface area contributed by atoms with Gasteiger partial charge in [-0.3, -0.25) is 0 Å². The molecule has 0 fully saturated rings. The molecule has 0 saturated heterocycles. The Balaban J connectivity index is -0.00000450. The fourth-order valence-electron chi connectivity index (χ4n) is 4.69. The first-order valence-corrected chi connectivity index (χ1v) is 15.8. The van der Waals surface area contributed by atoms with Crippen LogP contribution in [0.1, 0.15) is 169 Å². The Morgan fingerprint density at radius 3 is 1.09 bits per heavy atom. The first-order chi connectivity index (χ1) is 15.2. The zero-order valence-corrected chi connectivity index (χ0v) is 26.2. The molecule has 0 aliphatic carbocycles. The van der Waals surface area contributed by atoms with E-state index >= 15 is 0 Å². The Morgan fingerprint density at radius 1 is 0.485 bits per heavy atom. The van der Waals surface area contributed by atoms with E-state index in [0.29, 0.717) is 5.54 Å². The van der Waals surface area contributed by atoms with Gasteiger partial charge in [0.25, 0.3) is 0 Å². The molecule has 0 aromatic heterocycles. The zero-order chi connectivity index (χ0) is 22.9. The molecule has 33 heavy (non-hydrogen) atoms. The van der Waals surface area contributed by atoms with Crippen molar-refractivity contribution in [2.24, 2.45) is 0 Å². The van der Waals surface area contributed by atoms with Crippen LogP contribution in [0, 0.1) is 0 Å². The molecule has 1 N–H and O–H groups in total. The second kappa shape index (κ2) is 31.2. The smallest absolute Gasteiger partial charge is 0.147 e. The second-order valence-electron chi connectivity index (χ2n) is 9.85. The van der Waals surface area contributed by atoms with Crippen LogP contribution in [0.3, 0.4) is 0 Å². The molecular formula is C28H61Cl2NOTi. The topological polar surface area (TPSA) is 21.3 Å². The summed E-state index contributed by atoms with van der Waals surface area (Å²) in [5, 5.41) is 0. The number of hydrogen-bond acceptors (Lipinski definition) is 2. The quantitative estimate of drug-likeness (QED) is 0.0861. The summed E-state index contributed by atoms with van der Waals surface area (Å²) in [5.41, 5.74) is 0.369. The minimum Gasteiger partial charge on any atom is -0.147 e. The van der Waals surface area contributed by atoms with Gasteiger partial charge in [0, 0.05) is 0 Å². The molecule has 0 heterocycles. The molecule has 0 aliphatic rings. The maximum Gasteiger partial charge on any atom is -0.147 e. The molecule has 0 aromatic carbocycles. The summed E-state index contributed by atoms with van der Waals surface area (Å²) in [5.74, 6) is 0. The standard InChI is InChI=1S/C26H54N.C2H5O.2ClH.Ti/c1-4-7-10-13-16-19-22-25-26(27,23-20-17-14-11-8-5-2)24-21-18-15-12-9-6-3;1-2-3;;;/h27H,4-25H2,1-3H3;2H2,1H3;2*1H;/q2*-1;;;+2. The third-order valence-electron chi connectivity index (χ3n) is 6.81. The minimum absolute atomic E-state index is 0. The van der Waals surface area contributed by atoms with E-state index in [1.54, 1.807) is 0 Å². The summed E-state index contributed by atoms with van der Waals surface area (Å²) in [4.78, 5) is 0. The molecule has 202 valence electrons. The molecule has 0 radical (unpaired) electrons. The molecule has 0 aromatic rings. The molecule has 0 unspecified atom stereocenters. The van der Waals surface area contributed by atoms with Crippen LogP contribution in [0.5, 0.6) is 0 Å². The van der Waals surface area contributed by atoms with Crippen molar-refractivity contribution in [2.45, 2.75) is 174 Å². The van der Waals surface area contributed by atoms with Gasteiger partial charge in [-0.05, 0) is 0 Å². The largest absolute Gasteiger partial charge is 0.147 e. The predicted octanol–water partition coefficient (Wildman–Crippen LogP) is 10.7. The van der Waals surface area contributed by atoms with E-state index in [1.165, 1.54) is 141 Å². The monoisotopic (exact) mass is 545 g/mol. The van der Waals surface area contributed by atoms with Gasteiger partial charge in [-0.2, -0.15) is 0 Å². The number of unbranched alkanes of at least 4 members (excludes halogenated alkanes) is 16. The maximum atomic E-state index is 5.89. The van der Waals surface area contributed by atoms with Crippen molar-refractivity contribution in [3.05, 3.63) is 0 Å². The summed E-state index contributed by atoms with van der Waals surface area (Å²) < 4.78 is 9.95. The van der Waals surface area contributed by atoms with E-state index in [-0.39, 0.29) is 24.8 Å². The van der Waals surface area contributed by atoms with Gasteiger partial charge >= 0.3 is 208 Å². The van der Waals surface area contributed by atoms with Gasteiger partial charge < -0.3 is 0 Å². The van der Waals surface area contributed by atoms with Gasteiger partial charge in [0.15, 0.2) is 0 Å². The fraction of sp³-hybridized carbons (Fsp3) is 1.00. The number of halogens is 2. The number of hydrogen-bond donors (Lipinski definition) is 1. The Hall–Kier alpha value is 1.21. The predicted molar refractivity (Wildman–Crippen MR) is 151 cm³/mol. The number of rotatable bonds is 26. The average molecular weight is 547 g/mol. The molecule has 5 heteroatoms. The summed E-state index contributed by atoms with van der Waals surface area (Å²) in [6.07, 6.45) is 30.9. The second-order valence-corrected chi connectivity index (χ2v) is 11.0. The van der Waals surface area contributed by atoms with E-state index in [9.17, 15) is 0 Å². The van der Waals surface area contributed by atoms with Crippen molar-refractivity contribution >= 4 is 24.8 Å². The van der Waals surface area contributed by atoms with Crippen molar-refractivity contribution in [1.82, 2.24) is 3.80 Å². The van der Waals surface area contributed by atoms with E-state index in [4.69, 9.17) is 3.32 Å². The van der Waals surface area contributed by atoms with Gasteiger partial charge in [0.2, 0.25) is 0 Å². The third kappa shape index (κ3) is 26.1. The summed E-state index contributed by atoms with van der Waals surface area (Å²) in [6.45, 7) is 9.96. The maximum absolute atomic E-state index is 5.89. The first kappa shape index (κ1) is 38.7. The van der Waals surface area contributed by atoms with Gasteiger partial charge in [0.05, 0.1) is 0 Å². The van der Waals surface area contributed by atoms with Gasteiger partial charge in [0.1, 0.15) is 0 Å². The summed E-state index contributed by atoms with van der Waals surface area (Å²) in [7, 11) is 0. The Labute approximate surface area is 231 Å². The summed E-state index contributed by atoms with van der Waals surface area (Å²) in [6, 6.07) is 0.